The summed E-state index contributed by atoms with van der Waals surface area (Å²) in [6.07, 6.45) is 0. The van der Waals surface area contributed by atoms with Gasteiger partial charge in [0.05, 0.1) is 28.7 Å². The van der Waals surface area contributed by atoms with Crippen molar-refractivity contribution >= 4 is 27.4 Å². The van der Waals surface area contributed by atoms with E-state index in [4.69, 9.17) is 9.47 Å². The van der Waals surface area contributed by atoms with Gasteiger partial charge in [0, 0.05) is 17.7 Å². The number of carbonyl (C=O) groups is 1. The molecule has 156 valence electrons. The van der Waals surface area contributed by atoms with Crippen LogP contribution in [0.4, 0.5) is 11.4 Å². The molecule has 0 aliphatic heterocycles. The number of rotatable bonds is 9. The van der Waals surface area contributed by atoms with E-state index in [-0.39, 0.29) is 22.9 Å². The summed E-state index contributed by atoms with van der Waals surface area (Å²) in [4.78, 5) is 22.3. The first-order chi connectivity index (χ1) is 13.7. The summed E-state index contributed by atoms with van der Waals surface area (Å²) in [6, 6.07) is 9.82. The summed E-state index contributed by atoms with van der Waals surface area (Å²) in [5.74, 6) is -0.330. The Labute approximate surface area is 169 Å². The highest BCUT2D eigenvalue weighted by molar-refractivity contribution is 7.92. The van der Waals surface area contributed by atoms with Crippen molar-refractivity contribution in [1.82, 2.24) is 0 Å². The smallest absolute Gasteiger partial charge is 0.326 e. The van der Waals surface area contributed by atoms with Gasteiger partial charge in [-0.05, 0) is 39.0 Å². The number of aryl methyl sites for hydroxylation is 1. The minimum Gasteiger partial charge on any atom is -0.494 e. The van der Waals surface area contributed by atoms with Crippen LogP contribution in [-0.4, -0.2) is 39.1 Å². The third kappa shape index (κ3) is 5.23. The molecule has 0 atom stereocenters. The number of anilines is 1. The molecule has 2 rings (SSSR count). The molecular formula is C19H22N2O7S. The van der Waals surface area contributed by atoms with Crippen LogP contribution >= 0.6 is 0 Å². The Morgan fingerprint density at radius 1 is 1.14 bits per heavy atom. The van der Waals surface area contributed by atoms with Crippen molar-refractivity contribution < 1.29 is 27.6 Å². The number of nitrogens with zero attached hydrogens (tertiary/aromatic N) is 2. The van der Waals surface area contributed by atoms with Gasteiger partial charge in [0.15, 0.2) is 0 Å². The topological polar surface area (TPSA) is 116 Å². The van der Waals surface area contributed by atoms with Gasteiger partial charge in [0.25, 0.3) is 15.7 Å². The molecule has 0 aliphatic carbocycles. The highest BCUT2D eigenvalue weighted by Crippen LogP contribution is 2.29. The fraction of sp³-hybridized carbons (Fsp3) is 0.316. The molecule has 0 radical (unpaired) electrons. The molecule has 0 heterocycles. The number of esters is 1. The maximum atomic E-state index is 13.3. The average molecular weight is 422 g/mol. The van der Waals surface area contributed by atoms with Gasteiger partial charge in [0.1, 0.15) is 12.3 Å². The summed E-state index contributed by atoms with van der Waals surface area (Å²) >= 11 is 0. The lowest BCUT2D eigenvalue weighted by Gasteiger charge is -2.24. The molecular weight excluding hydrogens is 400 g/mol. The van der Waals surface area contributed by atoms with Gasteiger partial charge in [-0.15, -0.1) is 0 Å². The molecule has 10 heteroatoms. The Morgan fingerprint density at radius 3 is 2.48 bits per heavy atom. The molecule has 0 amide bonds. The summed E-state index contributed by atoms with van der Waals surface area (Å²) in [7, 11) is -4.30. The molecule has 0 unspecified atom stereocenters. The molecule has 9 nitrogen and oxygen atoms in total. The Hall–Kier alpha value is -3.14. The molecule has 2 aromatic carbocycles. The fourth-order valence-corrected chi connectivity index (χ4v) is 4.03. The zero-order chi connectivity index (χ0) is 21.6. The second kappa shape index (κ2) is 9.37. The van der Waals surface area contributed by atoms with Gasteiger partial charge in [-0.2, -0.15) is 0 Å². The van der Waals surface area contributed by atoms with Gasteiger partial charge < -0.3 is 9.47 Å². The van der Waals surface area contributed by atoms with Gasteiger partial charge in [-0.1, -0.05) is 12.1 Å². The van der Waals surface area contributed by atoms with Crippen LogP contribution in [0.15, 0.2) is 47.4 Å². The van der Waals surface area contributed by atoms with Crippen LogP contribution in [0.1, 0.15) is 19.4 Å². The lowest BCUT2D eigenvalue weighted by Crippen LogP contribution is -2.36. The van der Waals surface area contributed by atoms with Crippen LogP contribution in [-0.2, 0) is 19.6 Å². The standard InChI is InChI=1S/C19H22N2O7S/c1-4-27-16-8-6-7-15(11-16)20(13-19(22)28-5-2)29(25,26)17-10-9-14(3)18(12-17)21(23)24/h6-12H,4-5,13H2,1-3H3. The van der Waals surface area contributed by atoms with Crippen molar-refractivity contribution in [3.05, 3.63) is 58.1 Å². The number of hydrogen-bond acceptors (Lipinski definition) is 7. The highest BCUT2D eigenvalue weighted by Gasteiger charge is 2.30. The summed E-state index contributed by atoms with van der Waals surface area (Å²) < 4.78 is 37.7. The molecule has 2 aromatic rings. The summed E-state index contributed by atoms with van der Waals surface area (Å²) in [5, 5.41) is 11.2. The molecule has 0 aliphatic rings. The van der Waals surface area contributed by atoms with E-state index in [0.717, 1.165) is 10.4 Å². The van der Waals surface area contributed by atoms with E-state index in [2.05, 4.69) is 0 Å². The van der Waals surface area contributed by atoms with Gasteiger partial charge in [0.2, 0.25) is 0 Å². The molecule has 0 fully saturated rings. The van der Waals surface area contributed by atoms with Crippen LogP contribution in [0.2, 0.25) is 0 Å². The predicted octanol–water partition coefficient (Wildman–Crippen LogP) is 3.06. The van der Waals surface area contributed by atoms with E-state index in [9.17, 15) is 23.3 Å². The van der Waals surface area contributed by atoms with Crippen LogP contribution in [0.5, 0.6) is 5.75 Å². The fourth-order valence-electron chi connectivity index (χ4n) is 2.61. The monoisotopic (exact) mass is 422 g/mol. The van der Waals surface area contributed by atoms with E-state index >= 15 is 0 Å². The number of benzene rings is 2. The Balaban J connectivity index is 2.58. The number of hydrogen-bond donors (Lipinski definition) is 0. The number of sulfonamides is 1. The number of ether oxygens (including phenoxy) is 2. The maximum Gasteiger partial charge on any atom is 0.326 e. The molecule has 0 N–H and O–H groups in total. The van der Waals surface area contributed by atoms with Crippen molar-refractivity contribution in [3.63, 3.8) is 0 Å². The SMILES string of the molecule is CCOC(=O)CN(c1cccc(OCC)c1)S(=O)(=O)c1ccc(C)c([N+](=O)[O-])c1. The van der Waals surface area contributed by atoms with Crippen LogP contribution in [0.3, 0.4) is 0 Å². The van der Waals surface area contributed by atoms with Crippen molar-refractivity contribution in [1.29, 1.82) is 0 Å². The Kier molecular flexibility index (Phi) is 7.16. The van der Waals surface area contributed by atoms with Gasteiger partial charge in [-0.3, -0.25) is 19.2 Å². The van der Waals surface area contributed by atoms with Crippen LogP contribution in [0.25, 0.3) is 0 Å². The zero-order valence-corrected chi connectivity index (χ0v) is 17.1. The Morgan fingerprint density at radius 2 is 1.86 bits per heavy atom. The summed E-state index contributed by atoms with van der Waals surface area (Å²) in [5.41, 5.74) is 0.168. The third-order valence-electron chi connectivity index (χ3n) is 3.96. The Bertz CT molecular complexity index is 1010. The molecule has 0 spiro atoms. The largest absolute Gasteiger partial charge is 0.494 e. The van der Waals surface area contributed by atoms with Crippen molar-refractivity contribution in [2.45, 2.75) is 25.7 Å². The zero-order valence-electron chi connectivity index (χ0n) is 16.3. The minimum atomic E-state index is -4.30. The van der Waals surface area contributed by atoms with Crippen LogP contribution in [0, 0.1) is 17.0 Å². The number of nitro groups is 1. The number of nitro benzene ring substituents is 1. The van der Waals surface area contributed by atoms with Crippen molar-refractivity contribution in [2.24, 2.45) is 0 Å². The number of carbonyl (C=O) groups excluding carboxylic acids is 1. The highest BCUT2D eigenvalue weighted by atomic mass is 32.2. The first-order valence-corrected chi connectivity index (χ1v) is 10.3. The van der Waals surface area contributed by atoms with Crippen molar-refractivity contribution in [3.8, 4) is 5.75 Å². The molecule has 0 bridgehead atoms. The lowest BCUT2D eigenvalue weighted by molar-refractivity contribution is -0.385. The van der Waals surface area contributed by atoms with E-state index in [1.54, 1.807) is 26.0 Å². The molecule has 29 heavy (non-hydrogen) atoms. The lowest BCUT2D eigenvalue weighted by atomic mass is 10.2. The molecule has 0 saturated heterocycles. The summed E-state index contributed by atoms with van der Waals surface area (Å²) in [6.45, 7) is 4.77. The quantitative estimate of drug-likeness (QED) is 0.346. The minimum absolute atomic E-state index is 0.0850. The van der Waals surface area contributed by atoms with Crippen LogP contribution < -0.4 is 9.04 Å². The maximum absolute atomic E-state index is 13.3. The molecule has 0 saturated carbocycles. The normalized spacial score (nSPS) is 11.0. The first kappa shape index (κ1) is 22.2. The third-order valence-corrected chi connectivity index (χ3v) is 5.73. The van der Waals surface area contributed by atoms with E-state index in [1.165, 1.54) is 31.2 Å². The second-order valence-corrected chi connectivity index (χ2v) is 7.81. The molecule has 0 aromatic heterocycles. The van der Waals surface area contributed by atoms with Crippen molar-refractivity contribution in [2.75, 3.05) is 24.1 Å². The van der Waals surface area contributed by atoms with Gasteiger partial charge in [-0.25, -0.2) is 8.42 Å². The van der Waals surface area contributed by atoms with Gasteiger partial charge >= 0.3 is 5.97 Å². The second-order valence-electron chi connectivity index (χ2n) is 5.95. The van der Waals surface area contributed by atoms with E-state index in [0.29, 0.717) is 17.9 Å². The predicted molar refractivity (Wildman–Crippen MR) is 107 cm³/mol. The van der Waals surface area contributed by atoms with E-state index < -0.39 is 27.5 Å². The average Bonchev–Trinajstić information content (AvgIpc) is 2.66. The van der Waals surface area contributed by atoms with E-state index in [1.807, 2.05) is 0 Å². The first-order valence-electron chi connectivity index (χ1n) is 8.87.